The van der Waals surface area contributed by atoms with Crippen LogP contribution in [0.25, 0.3) is 10.8 Å². The summed E-state index contributed by atoms with van der Waals surface area (Å²) < 4.78 is 0. The van der Waals surface area contributed by atoms with Crippen LogP contribution in [0.15, 0.2) is 36.4 Å². The van der Waals surface area contributed by atoms with E-state index in [0.29, 0.717) is 0 Å². The molecule has 0 amide bonds. The fourth-order valence-corrected chi connectivity index (χ4v) is 3.55. The quantitative estimate of drug-likeness (QED) is 0.555. The molecule has 0 aliphatic carbocycles. The molecule has 2 aromatic rings. The predicted octanol–water partition coefficient (Wildman–Crippen LogP) is 2.70. The maximum Gasteiger partial charge on any atom is -0.0107 e. The van der Waals surface area contributed by atoms with Gasteiger partial charge in [0.25, 0.3) is 0 Å². The second-order valence-electron chi connectivity index (χ2n) is 3.50. The van der Waals surface area contributed by atoms with Crippen molar-refractivity contribution in [2.75, 3.05) is 6.16 Å². The van der Waals surface area contributed by atoms with Gasteiger partial charge in [-0.2, -0.15) is 0 Å². The number of fused-ring (bicyclic) bond motifs is 3. The van der Waals surface area contributed by atoms with Crippen molar-refractivity contribution in [1.82, 2.24) is 0 Å². The molecule has 2 aromatic carbocycles. The van der Waals surface area contributed by atoms with E-state index in [4.69, 9.17) is 0 Å². The third-order valence-electron chi connectivity index (χ3n) is 2.71. The molecule has 0 aromatic heterocycles. The average Bonchev–Trinajstić information content (AvgIpc) is 2.65. The van der Waals surface area contributed by atoms with Crippen LogP contribution < -0.4 is 5.30 Å². The van der Waals surface area contributed by atoms with Crippen molar-refractivity contribution in [1.29, 1.82) is 0 Å². The molecule has 1 unspecified atom stereocenters. The van der Waals surface area contributed by atoms with E-state index in [1.165, 1.54) is 23.4 Å². The van der Waals surface area contributed by atoms with Gasteiger partial charge in [-0.15, -0.1) is 0 Å². The summed E-state index contributed by atoms with van der Waals surface area (Å²) in [7, 11) is 1.03. The van der Waals surface area contributed by atoms with Crippen molar-refractivity contribution in [3.05, 3.63) is 42.0 Å². The molecule has 0 nitrogen and oxygen atoms in total. The molecule has 1 heteroatoms. The minimum atomic E-state index is 1.03. The molecule has 0 saturated carbocycles. The number of aryl methyl sites for hydroxylation is 1. The molecule has 0 radical (unpaired) electrons. The fraction of sp³-hybridized carbons (Fsp3) is 0.167. The van der Waals surface area contributed by atoms with Gasteiger partial charge in [0.05, 0.1) is 0 Å². The van der Waals surface area contributed by atoms with Gasteiger partial charge in [0.15, 0.2) is 0 Å². The lowest BCUT2D eigenvalue weighted by Crippen LogP contribution is -1.98. The lowest BCUT2D eigenvalue weighted by Gasteiger charge is -2.03. The molecule has 0 fully saturated rings. The van der Waals surface area contributed by atoms with Crippen molar-refractivity contribution in [2.45, 2.75) is 6.42 Å². The Hall–Kier alpha value is -0.870. The maximum atomic E-state index is 2.30. The first-order chi connectivity index (χ1) is 6.45. The Kier molecular flexibility index (Phi) is 1.63. The Bertz CT molecular complexity index is 460. The fourth-order valence-electron chi connectivity index (χ4n) is 2.06. The highest BCUT2D eigenvalue weighted by atomic mass is 31.1. The number of benzene rings is 2. The van der Waals surface area contributed by atoms with Crippen LogP contribution in [0.1, 0.15) is 5.56 Å². The topological polar surface area (TPSA) is 0 Å². The van der Waals surface area contributed by atoms with Crippen molar-refractivity contribution in [2.24, 2.45) is 0 Å². The van der Waals surface area contributed by atoms with Gasteiger partial charge in [-0.05, 0) is 34.2 Å². The monoisotopic (exact) mass is 186 g/mol. The molecular weight excluding hydrogens is 175 g/mol. The molecule has 0 saturated heterocycles. The van der Waals surface area contributed by atoms with Gasteiger partial charge in [-0.3, -0.25) is 0 Å². The normalized spacial score (nSPS) is 16.6. The highest BCUT2D eigenvalue weighted by Gasteiger charge is 2.12. The first-order valence-electron chi connectivity index (χ1n) is 4.70. The van der Waals surface area contributed by atoms with Gasteiger partial charge in [-0.25, -0.2) is 0 Å². The van der Waals surface area contributed by atoms with Crippen LogP contribution in [0.5, 0.6) is 0 Å². The van der Waals surface area contributed by atoms with Crippen molar-refractivity contribution in [3.63, 3.8) is 0 Å². The smallest absolute Gasteiger partial charge is 0.0107 e. The van der Waals surface area contributed by atoms with Crippen LogP contribution >= 0.6 is 8.58 Å². The molecule has 3 rings (SSSR count). The van der Waals surface area contributed by atoms with Gasteiger partial charge >= 0.3 is 0 Å². The van der Waals surface area contributed by atoms with Crippen molar-refractivity contribution < 1.29 is 0 Å². The molecule has 0 bridgehead atoms. The first-order valence-corrected chi connectivity index (χ1v) is 5.90. The van der Waals surface area contributed by atoms with Crippen LogP contribution in [-0.4, -0.2) is 6.16 Å². The second-order valence-corrected chi connectivity index (χ2v) is 4.85. The molecule has 1 aliphatic heterocycles. The lowest BCUT2D eigenvalue weighted by atomic mass is 10.1. The Labute approximate surface area is 79.8 Å². The zero-order valence-electron chi connectivity index (χ0n) is 7.38. The van der Waals surface area contributed by atoms with E-state index < -0.39 is 0 Å². The first kappa shape index (κ1) is 7.53. The molecule has 13 heavy (non-hydrogen) atoms. The summed E-state index contributed by atoms with van der Waals surface area (Å²) in [5, 5.41) is 4.50. The van der Waals surface area contributed by atoms with E-state index in [9.17, 15) is 0 Å². The molecule has 1 atom stereocenters. The minimum Gasteiger partial charge on any atom is -0.0891 e. The minimum absolute atomic E-state index is 1.03. The van der Waals surface area contributed by atoms with E-state index >= 15 is 0 Å². The van der Waals surface area contributed by atoms with E-state index in [1.54, 1.807) is 10.9 Å². The summed E-state index contributed by atoms with van der Waals surface area (Å²) in [6.45, 7) is 0. The van der Waals surface area contributed by atoms with Gasteiger partial charge in [-0.1, -0.05) is 45.0 Å². The third kappa shape index (κ3) is 1.09. The van der Waals surface area contributed by atoms with Gasteiger partial charge in [0.2, 0.25) is 0 Å². The Morgan fingerprint density at radius 2 is 1.92 bits per heavy atom. The van der Waals surface area contributed by atoms with E-state index in [0.717, 1.165) is 8.58 Å². The maximum absolute atomic E-state index is 2.30. The van der Waals surface area contributed by atoms with Gasteiger partial charge in [0.1, 0.15) is 0 Å². The zero-order valence-corrected chi connectivity index (χ0v) is 8.38. The molecule has 0 spiro atoms. The molecule has 64 valence electrons. The predicted molar refractivity (Wildman–Crippen MR) is 60.5 cm³/mol. The highest BCUT2D eigenvalue weighted by molar-refractivity contribution is 7.48. The number of hydrogen-bond donors (Lipinski definition) is 0. The van der Waals surface area contributed by atoms with Crippen LogP contribution in [-0.2, 0) is 6.42 Å². The van der Waals surface area contributed by atoms with Gasteiger partial charge < -0.3 is 0 Å². The Morgan fingerprint density at radius 1 is 1.00 bits per heavy atom. The standard InChI is InChI=1S/C12H11P/c1-2-4-11-9(3-1)5-6-10-7-8-13-12(10)11/h1-6,13H,7-8H2. The van der Waals surface area contributed by atoms with E-state index in [2.05, 4.69) is 36.4 Å². The van der Waals surface area contributed by atoms with Crippen molar-refractivity contribution in [3.8, 4) is 0 Å². The molecule has 1 aliphatic rings. The summed E-state index contributed by atoms with van der Waals surface area (Å²) >= 11 is 0. The number of rotatable bonds is 0. The summed E-state index contributed by atoms with van der Waals surface area (Å²) in [4.78, 5) is 0. The van der Waals surface area contributed by atoms with Crippen LogP contribution in [0, 0.1) is 0 Å². The Balaban J connectivity index is 2.43. The van der Waals surface area contributed by atoms with Crippen LogP contribution in [0.4, 0.5) is 0 Å². The van der Waals surface area contributed by atoms with Crippen molar-refractivity contribution >= 4 is 24.7 Å². The Morgan fingerprint density at radius 3 is 2.92 bits per heavy atom. The number of hydrogen-bond acceptors (Lipinski definition) is 0. The van der Waals surface area contributed by atoms with E-state index in [1.807, 2.05) is 0 Å². The second kappa shape index (κ2) is 2.82. The van der Waals surface area contributed by atoms with Crippen LogP contribution in [0.3, 0.4) is 0 Å². The molecule has 1 heterocycles. The van der Waals surface area contributed by atoms with E-state index in [-0.39, 0.29) is 0 Å². The molecular formula is C12H11P. The summed E-state index contributed by atoms with van der Waals surface area (Å²) in [5.41, 5.74) is 1.58. The van der Waals surface area contributed by atoms with Crippen LogP contribution in [0.2, 0.25) is 0 Å². The SMILES string of the molecule is c1ccc2c3c(ccc2c1)CCP3. The summed E-state index contributed by atoms with van der Waals surface area (Å²) in [6, 6.07) is 13.3. The highest BCUT2D eigenvalue weighted by Crippen LogP contribution is 2.28. The zero-order chi connectivity index (χ0) is 8.67. The van der Waals surface area contributed by atoms with Gasteiger partial charge in [0, 0.05) is 0 Å². The third-order valence-corrected chi connectivity index (χ3v) is 4.16. The summed E-state index contributed by atoms with van der Waals surface area (Å²) in [5.74, 6) is 0. The molecule has 0 N–H and O–H groups in total. The summed E-state index contributed by atoms with van der Waals surface area (Å²) in [6.07, 6.45) is 2.65. The largest absolute Gasteiger partial charge is 0.0891 e. The lowest BCUT2D eigenvalue weighted by molar-refractivity contribution is 1.20. The average molecular weight is 186 g/mol.